The topological polar surface area (TPSA) is 49.0 Å². The summed E-state index contributed by atoms with van der Waals surface area (Å²) >= 11 is 0. The molecule has 4 saturated heterocycles. The van der Waals surface area contributed by atoms with Crippen molar-refractivity contribution >= 4 is 0 Å². The fraction of sp³-hybridized carbons (Fsp3) is 0.727. The van der Waals surface area contributed by atoms with Crippen LogP contribution in [0.5, 0.6) is 0 Å². The van der Waals surface area contributed by atoms with E-state index in [-0.39, 0.29) is 12.5 Å². The fourth-order valence-electron chi connectivity index (χ4n) is 5.95. The monoisotopic (exact) mass is 373 g/mol. The lowest BCUT2D eigenvalue weighted by atomic mass is 9.58. The van der Waals surface area contributed by atoms with E-state index >= 15 is 0 Å². The number of rotatable bonds is 3. The van der Waals surface area contributed by atoms with E-state index in [9.17, 15) is 0 Å². The summed E-state index contributed by atoms with van der Waals surface area (Å²) < 4.78 is 12.9. The van der Waals surface area contributed by atoms with Gasteiger partial charge in [0.2, 0.25) is 5.79 Å². The van der Waals surface area contributed by atoms with Crippen molar-refractivity contribution in [1.29, 1.82) is 0 Å². The lowest BCUT2D eigenvalue weighted by molar-refractivity contribution is -0.571. The van der Waals surface area contributed by atoms with Gasteiger partial charge in [0.05, 0.1) is 0 Å². The summed E-state index contributed by atoms with van der Waals surface area (Å²) in [6, 6.07) is 10.5. The third-order valence-corrected chi connectivity index (χ3v) is 7.51. The summed E-state index contributed by atoms with van der Waals surface area (Å²) in [5.41, 5.74) is 0.788. The molecule has 1 aromatic rings. The molecule has 1 spiro atoms. The second-order valence-corrected chi connectivity index (χ2v) is 9.19. The van der Waals surface area contributed by atoms with Gasteiger partial charge in [0.1, 0.15) is 6.23 Å². The predicted octanol–water partition coefficient (Wildman–Crippen LogP) is 3.98. The van der Waals surface area contributed by atoms with Crippen LogP contribution in [-0.4, -0.2) is 23.9 Å². The molecular formula is C22H31NO4. The van der Waals surface area contributed by atoms with E-state index in [0.717, 1.165) is 25.8 Å². The SMILES string of the molecule is C[C@H]1[C@@H](NCc2ccccc2)O[C@@H]2O[C@]3(C)CC[C@H]4[C@H](C)CC[C@@H]1[C@@]24OO3. The average molecular weight is 373 g/mol. The number of ether oxygens (including phenoxy) is 2. The maximum atomic E-state index is 6.54. The Morgan fingerprint density at radius 3 is 2.67 bits per heavy atom. The molecule has 4 heterocycles. The second-order valence-electron chi connectivity index (χ2n) is 9.19. The summed E-state index contributed by atoms with van der Waals surface area (Å²) in [5, 5.41) is 3.63. The van der Waals surface area contributed by atoms with Crippen molar-refractivity contribution in [3.63, 3.8) is 0 Å². The van der Waals surface area contributed by atoms with Crippen LogP contribution in [0.4, 0.5) is 0 Å². The van der Waals surface area contributed by atoms with Gasteiger partial charge < -0.3 is 9.47 Å². The zero-order valence-corrected chi connectivity index (χ0v) is 16.5. The van der Waals surface area contributed by atoms with E-state index in [4.69, 9.17) is 19.2 Å². The van der Waals surface area contributed by atoms with E-state index in [1.54, 1.807) is 0 Å². The van der Waals surface area contributed by atoms with Crippen LogP contribution < -0.4 is 5.32 Å². The highest BCUT2D eigenvalue weighted by Crippen LogP contribution is 2.60. The number of hydrogen-bond donors (Lipinski definition) is 1. The smallest absolute Gasteiger partial charge is 0.201 e. The quantitative estimate of drug-likeness (QED) is 0.812. The lowest BCUT2D eigenvalue weighted by Crippen LogP contribution is -2.71. The molecule has 0 radical (unpaired) electrons. The van der Waals surface area contributed by atoms with Crippen molar-refractivity contribution in [2.24, 2.45) is 23.7 Å². The molecular weight excluding hydrogens is 342 g/mol. The van der Waals surface area contributed by atoms with Crippen LogP contribution in [0.3, 0.4) is 0 Å². The van der Waals surface area contributed by atoms with Crippen LogP contribution in [0.15, 0.2) is 30.3 Å². The van der Waals surface area contributed by atoms with Crippen LogP contribution in [-0.2, 0) is 25.8 Å². The molecule has 1 aliphatic carbocycles. The van der Waals surface area contributed by atoms with Gasteiger partial charge >= 0.3 is 0 Å². The highest BCUT2D eigenvalue weighted by Gasteiger charge is 2.69. The van der Waals surface area contributed by atoms with Gasteiger partial charge in [0.15, 0.2) is 11.9 Å². The maximum absolute atomic E-state index is 6.54. The standard InChI is InChI=1S/C22H31NO4/c1-14-9-10-18-15(2)19(23-13-16-7-5-4-6-8-16)24-20-22(18)17(14)11-12-21(3,25-20)26-27-22/h4-8,14-15,17-20,23H,9-13H2,1-3H3/t14-,15-,17+,18+,19+,20-,21+,22-/m1/s1. The van der Waals surface area contributed by atoms with Gasteiger partial charge in [0, 0.05) is 24.8 Å². The predicted molar refractivity (Wildman–Crippen MR) is 100 cm³/mol. The average Bonchev–Trinajstić information content (AvgIpc) is 2.90. The fourth-order valence-corrected chi connectivity index (χ4v) is 5.95. The molecule has 5 aliphatic rings. The number of hydrogen-bond acceptors (Lipinski definition) is 5. The first-order chi connectivity index (χ1) is 13.0. The van der Waals surface area contributed by atoms with E-state index in [0.29, 0.717) is 23.7 Å². The van der Waals surface area contributed by atoms with Gasteiger partial charge in [-0.2, -0.15) is 0 Å². The Kier molecular flexibility index (Phi) is 4.37. The molecule has 5 nitrogen and oxygen atoms in total. The van der Waals surface area contributed by atoms with Crippen molar-refractivity contribution < 1.29 is 19.2 Å². The Labute approximate surface area is 161 Å². The van der Waals surface area contributed by atoms with Crippen LogP contribution in [0.1, 0.15) is 52.0 Å². The molecule has 4 aliphatic heterocycles. The van der Waals surface area contributed by atoms with Gasteiger partial charge in [-0.25, -0.2) is 9.78 Å². The van der Waals surface area contributed by atoms with Gasteiger partial charge in [-0.3, -0.25) is 5.32 Å². The molecule has 0 amide bonds. The van der Waals surface area contributed by atoms with Gasteiger partial charge in [-0.05, 0) is 43.6 Å². The Balaban J connectivity index is 1.43. The van der Waals surface area contributed by atoms with Crippen molar-refractivity contribution in [2.75, 3.05) is 0 Å². The highest BCUT2D eigenvalue weighted by molar-refractivity contribution is 5.15. The molecule has 0 aromatic heterocycles. The minimum atomic E-state index is -0.706. The van der Waals surface area contributed by atoms with E-state index in [1.165, 1.54) is 12.0 Å². The van der Waals surface area contributed by atoms with Crippen LogP contribution >= 0.6 is 0 Å². The molecule has 2 bridgehead atoms. The molecule has 6 rings (SSSR count). The number of benzene rings is 1. The number of fused-ring (bicyclic) bond motifs is 2. The van der Waals surface area contributed by atoms with Crippen LogP contribution in [0.25, 0.3) is 0 Å². The molecule has 1 saturated carbocycles. The summed E-state index contributed by atoms with van der Waals surface area (Å²) in [6.07, 6.45) is 3.87. The van der Waals surface area contributed by atoms with E-state index < -0.39 is 11.4 Å². The first-order valence-electron chi connectivity index (χ1n) is 10.5. The van der Waals surface area contributed by atoms with Crippen molar-refractivity contribution in [1.82, 2.24) is 5.32 Å². The minimum Gasteiger partial charge on any atom is -0.331 e. The highest BCUT2D eigenvalue weighted by atomic mass is 17.3. The first-order valence-corrected chi connectivity index (χ1v) is 10.5. The van der Waals surface area contributed by atoms with Crippen molar-refractivity contribution in [2.45, 2.75) is 76.9 Å². The summed E-state index contributed by atoms with van der Waals surface area (Å²) in [5.74, 6) is 1.01. The van der Waals surface area contributed by atoms with Crippen LogP contribution in [0, 0.1) is 23.7 Å². The molecule has 148 valence electrons. The normalized spacial score (nSPS) is 48.7. The molecule has 0 unspecified atom stereocenters. The van der Waals surface area contributed by atoms with Crippen molar-refractivity contribution in [3.8, 4) is 0 Å². The molecule has 1 aromatic carbocycles. The zero-order chi connectivity index (χ0) is 18.6. The van der Waals surface area contributed by atoms with Crippen LogP contribution in [0.2, 0.25) is 0 Å². The maximum Gasteiger partial charge on any atom is 0.201 e. The third-order valence-electron chi connectivity index (χ3n) is 7.51. The summed E-state index contributed by atoms with van der Waals surface area (Å²) in [6.45, 7) is 7.40. The Morgan fingerprint density at radius 2 is 1.85 bits per heavy atom. The molecule has 8 atom stereocenters. The second kappa shape index (κ2) is 6.53. The van der Waals surface area contributed by atoms with E-state index in [2.05, 4.69) is 43.4 Å². The van der Waals surface area contributed by atoms with Gasteiger partial charge in [0.25, 0.3) is 0 Å². The van der Waals surface area contributed by atoms with Gasteiger partial charge in [-0.1, -0.05) is 44.2 Å². The molecule has 5 heteroatoms. The molecule has 27 heavy (non-hydrogen) atoms. The largest absolute Gasteiger partial charge is 0.331 e. The lowest BCUT2D eigenvalue weighted by Gasteiger charge is -2.60. The van der Waals surface area contributed by atoms with Gasteiger partial charge in [-0.15, -0.1) is 0 Å². The Hall–Kier alpha value is -0.980. The summed E-state index contributed by atoms with van der Waals surface area (Å²) in [4.78, 5) is 12.1. The van der Waals surface area contributed by atoms with E-state index in [1.807, 2.05) is 13.0 Å². The minimum absolute atomic E-state index is 0.0496. The Morgan fingerprint density at radius 1 is 1.04 bits per heavy atom. The van der Waals surface area contributed by atoms with Crippen molar-refractivity contribution in [3.05, 3.63) is 35.9 Å². The third kappa shape index (κ3) is 2.78. The zero-order valence-electron chi connectivity index (χ0n) is 16.5. The Bertz CT molecular complexity index is 684. The first kappa shape index (κ1) is 18.1. The molecule has 5 fully saturated rings. The molecule has 1 N–H and O–H groups in total. The number of nitrogens with one attached hydrogen (secondary N) is 1. The summed E-state index contributed by atoms with van der Waals surface area (Å²) in [7, 11) is 0.